The lowest BCUT2D eigenvalue weighted by atomic mass is 9.82. The minimum Gasteiger partial charge on any atom is -0.406 e. The quantitative estimate of drug-likeness (QED) is 0.627. The Hall–Kier alpha value is -0.385. The summed E-state index contributed by atoms with van der Waals surface area (Å²) in [6.07, 6.45) is 1.77. The molecule has 1 aliphatic heterocycles. The summed E-state index contributed by atoms with van der Waals surface area (Å²) in [6.45, 7) is 5.76. The molecule has 0 saturated carbocycles. The molecule has 2 heterocycles. The lowest BCUT2D eigenvalue weighted by molar-refractivity contribution is 0.0346. The van der Waals surface area contributed by atoms with E-state index >= 15 is 0 Å². The van der Waals surface area contributed by atoms with Crippen molar-refractivity contribution in [2.75, 3.05) is 13.2 Å². The summed E-state index contributed by atoms with van der Waals surface area (Å²) in [5.41, 5.74) is 0.140. The van der Waals surface area contributed by atoms with Gasteiger partial charge in [0.2, 0.25) is 0 Å². The van der Waals surface area contributed by atoms with Crippen LogP contribution in [0.15, 0.2) is 12.3 Å². The summed E-state index contributed by atoms with van der Waals surface area (Å²) in [4.78, 5) is 0. The van der Waals surface area contributed by atoms with Crippen LogP contribution in [0.5, 0.6) is 0 Å². The monoisotopic (exact) mass is 197 g/mol. The van der Waals surface area contributed by atoms with Gasteiger partial charge in [0.05, 0.1) is 4.78 Å². The van der Waals surface area contributed by atoms with Crippen LogP contribution in [0.1, 0.15) is 13.8 Å². The zero-order valence-corrected chi connectivity index (χ0v) is 8.63. The molecule has 1 aliphatic rings. The Balaban J connectivity index is 1.99. The molecule has 0 aromatic carbocycles. The van der Waals surface area contributed by atoms with E-state index in [1.807, 2.05) is 6.07 Å². The number of rotatable bonds is 1. The van der Waals surface area contributed by atoms with Gasteiger partial charge in [-0.25, -0.2) is 4.37 Å². The summed E-state index contributed by atoms with van der Waals surface area (Å²) in [7, 11) is -0.194. The maximum absolute atomic E-state index is 5.59. The second-order valence-electron chi connectivity index (χ2n) is 4.03. The van der Waals surface area contributed by atoms with Crippen LogP contribution in [-0.4, -0.2) is 24.7 Å². The molecule has 0 N–H and O–H groups in total. The highest BCUT2D eigenvalue weighted by molar-refractivity contribution is 7.17. The zero-order chi connectivity index (χ0) is 9.31. The standard InChI is InChI=1S/C8H12BNO2S/c1-8(2)5-11-9(12-6-8)7-3-4-10-13-7/h3-4H,5-6H2,1-2H3. The summed E-state index contributed by atoms with van der Waals surface area (Å²) < 4.78 is 16.2. The second kappa shape index (κ2) is 3.40. The fourth-order valence-electron chi connectivity index (χ4n) is 1.20. The fourth-order valence-corrected chi connectivity index (χ4v) is 1.79. The molecule has 70 valence electrons. The number of nitrogens with zero attached hydrogens (tertiary/aromatic N) is 1. The molecule has 0 unspecified atom stereocenters. The third-order valence-electron chi connectivity index (χ3n) is 1.94. The van der Waals surface area contributed by atoms with Crippen LogP contribution in [0.2, 0.25) is 0 Å². The van der Waals surface area contributed by atoms with Crippen LogP contribution < -0.4 is 4.78 Å². The first-order valence-electron chi connectivity index (χ1n) is 4.31. The Labute approximate surface area is 82.4 Å². The van der Waals surface area contributed by atoms with Crippen LogP contribution in [-0.2, 0) is 9.31 Å². The second-order valence-corrected chi connectivity index (χ2v) is 4.90. The molecule has 1 saturated heterocycles. The van der Waals surface area contributed by atoms with Gasteiger partial charge in [-0.2, -0.15) is 0 Å². The van der Waals surface area contributed by atoms with Gasteiger partial charge in [0, 0.05) is 24.8 Å². The number of hydrogen-bond donors (Lipinski definition) is 0. The Morgan fingerprint density at radius 2 is 2.15 bits per heavy atom. The van der Waals surface area contributed by atoms with Crippen molar-refractivity contribution in [3.05, 3.63) is 12.3 Å². The Kier molecular flexibility index (Phi) is 2.40. The summed E-state index contributed by atoms with van der Waals surface area (Å²) in [6, 6.07) is 1.94. The van der Waals surface area contributed by atoms with E-state index in [9.17, 15) is 0 Å². The van der Waals surface area contributed by atoms with Crippen LogP contribution in [0, 0.1) is 5.41 Å². The Morgan fingerprint density at radius 3 is 2.69 bits per heavy atom. The van der Waals surface area contributed by atoms with Gasteiger partial charge in [0.25, 0.3) is 0 Å². The molecule has 3 nitrogen and oxygen atoms in total. The van der Waals surface area contributed by atoms with Gasteiger partial charge in [0.1, 0.15) is 0 Å². The van der Waals surface area contributed by atoms with Crippen LogP contribution >= 0.6 is 11.5 Å². The first kappa shape index (κ1) is 9.18. The molecule has 5 heteroatoms. The Morgan fingerprint density at radius 1 is 1.46 bits per heavy atom. The first-order chi connectivity index (χ1) is 6.17. The SMILES string of the molecule is CC1(C)COB(c2ccns2)OC1. The molecular weight excluding hydrogens is 185 g/mol. The van der Waals surface area contributed by atoms with E-state index in [4.69, 9.17) is 9.31 Å². The molecule has 1 fully saturated rings. The fraction of sp³-hybridized carbons (Fsp3) is 0.625. The molecule has 1 aromatic heterocycles. The first-order valence-corrected chi connectivity index (χ1v) is 5.08. The van der Waals surface area contributed by atoms with Gasteiger partial charge < -0.3 is 9.31 Å². The van der Waals surface area contributed by atoms with Crippen molar-refractivity contribution in [1.29, 1.82) is 0 Å². The molecular formula is C8H12BNO2S. The van der Waals surface area contributed by atoms with Gasteiger partial charge in [-0.3, -0.25) is 0 Å². The van der Waals surface area contributed by atoms with Gasteiger partial charge in [-0.15, -0.1) is 0 Å². The lowest BCUT2D eigenvalue weighted by Gasteiger charge is -2.32. The Bertz CT molecular complexity index is 266. The third-order valence-corrected chi connectivity index (χ3v) is 2.71. The third kappa shape index (κ3) is 2.10. The molecule has 0 aliphatic carbocycles. The molecule has 13 heavy (non-hydrogen) atoms. The van der Waals surface area contributed by atoms with Crippen LogP contribution in [0.3, 0.4) is 0 Å². The van der Waals surface area contributed by atoms with Crippen molar-refractivity contribution in [3.63, 3.8) is 0 Å². The molecule has 2 rings (SSSR count). The van der Waals surface area contributed by atoms with Crippen molar-refractivity contribution in [3.8, 4) is 0 Å². The van der Waals surface area contributed by atoms with Crippen molar-refractivity contribution < 1.29 is 9.31 Å². The summed E-state index contributed by atoms with van der Waals surface area (Å²) in [5, 5.41) is 0. The summed E-state index contributed by atoms with van der Waals surface area (Å²) in [5.74, 6) is 0. The normalized spacial score (nSPS) is 21.8. The molecule has 1 aromatic rings. The highest BCUT2D eigenvalue weighted by atomic mass is 32.1. The predicted octanol–water partition coefficient (Wildman–Crippen LogP) is 0.911. The predicted molar refractivity (Wildman–Crippen MR) is 53.2 cm³/mol. The molecule has 0 bridgehead atoms. The van der Waals surface area contributed by atoms with E-state index in [0.717, 1.165) is 18.0 Å². The molecule has 0 amide bonds. The minimum atomic E-state index is -0.194. The molecule has 0 radical (unpaired) electrons. The average Bonchev–Trinajstić information content (AvgIpc) is 2.56. The van der Waals surface area contributed by atoms with E-state index in [0.29, 0.717) is 0 Å². The number of aromatic nitrogens is 1. The highest BCUT2D eigenvalue weighted by Gasteiger charge is 2.34. The van der Waals surface area contributed by atoms with Crippen molar-refractivity contribution >= 4 is 23.4 Å². The van der Waals surface area contributed by atoms with Crippen molar-refractivity contribution in [2.45, 2.75) is 13.8 Å². The van der Waals surface area contributed by atoms with E-state index < -0.39 is 0 Å². The van der Waals surface area contributed by atoms with Crippen LogP contribution in [0.4, 0.5) is 0 Å². The van der Waals surface area contributed by atoms with Gasteiger partial charge in [-0.05, 0) is 17.6 Å². The highest BCUT2D eigenvalue weighted by Crippen LogP contribution is 2.21. The van der Waals surface area contributed by atoms with E-state index in [1.54, 1.807) is 6.20 Å². The smallest absolute Gasteiger partial charge is 0.406 e. The van der Waals surface area contributed by atoms with Gasteiger partial charge in [0.15, 0.2) is 0 Å². The van der Waals surface area contributed by atoms with E-state index in [-0.39, 0.29) is 12.5 Å². The number of hydrogen-bond acceptors (Lipinski definition) is 4. The maximum atomic E-state index is 5.59. The largest absolute Gasteiger partial charge is 0.506 e. The maximum Gasteiger partial charge on any atom is 0.506 e. The van der Waals surface area contributed by atoms with E-state index in [2.05, 4.69) is 18.2 Å². The van der Waals surface area contributed by atoms with Gasteiger partial charge in [-0.1, -0.05) is 13.8 Å². The molecule has 0 spiro atoms. The zero-order valence-electron chi connectivity index (χ0n) is 7.82. The van der Waals surface area contributed by atoms with Gasteiger partial charge >= 0.3 is 7.12 Å². The van der Waals surface area contributed by atoms with Crippen molar-refractivity contribution in [1.82, 2.24) is 4.37 Å². The summed E-state index contributed by atoms with van der Waals surface area (Å²) >= 11 is 1.43. The van der Waals surface area contributed by atoms with Crippen molar-refractivity contribution in [2.24, 2.45) is 5.41 Å². The topological polar surface area (TPSA) is 31.4 Å². The van der Waals surface area contributed by atoms with Crippen LogP contribution in [0.25, 0.3) is 0 Å². The lowest BCUT2D eigenvalue weighted by Crippen LogP contribution is -2.46. The average molecular weight is 197 g/mol. The molecule has 0 atom stereocenters. The van der Waals surface area contributed by atoms with E-state index in [1.165, 1.54) is 11.5 Å². The minimum absolute atomic E-state index is 0.140.